The quantitative estimate of drug-likeness (QED) is 0.835. The number of hydrogen-bond donors (Lipinski definition) is 1. The van der Waals surface area contributed by atoms with E-state index in [9.17, 15) is 9.59 Å². The number of nitrogens with one attached hydrogen (secondary N) is 1. The van der Waals surface area contributed by atoms with Crippen molar-refractivity contribution in [2.45, 2.75) is 44.1 Å². The van der Waals surface area contributed by atoms with Crippen LogP contribution in [0.4, 0.5) is 0 Å². The smallest absolute Gasteiger partial charge is 0.341 e. The standard InChI is InChI=1S/C20H25NO4/c1-24-19(23)16-4-2-3-5-17(16)25-12-18(22)21-20-9-13-6-14(10-20)8-15(7-13)11-20/h2-5,13-15H,6-12H2,1H3,(H,21,22). The van der Waals surface area contributed by atoms with Crippen LogP contribution in [0.3, 0.4) is 0 Å². The van der Waals surface area contributed by atoms with Crippen molar-refractivity contribution in [1.82, 2.24) is 5.32 Å². The van der Waals surface area contributed by atoms with Crippen LogP contribution in [-0.2, 0) is 9.53 Å². The van der Waals surface area contributed by atoms with Crippen LogP contribution in [-0.4, -0.2) is 31.1 Å². The summed E-state index contributed by atoms with van der Waals surface area (Å²) in [4.78, 5) is 24.3. The number of amides is 1. The zero-order chi connectivity index (χ0) is 17.4. The highest BCUT2D eigenvalue weighted by molar-refractivity contribution is 5.92. The fourth-order valence-electron chi connectivity index (χ4n) is 5.61. The second-order valence-electron chi connectivity index (χ2n) is 8.02. The molecule has 5 nitrogen and oxygen atoms in total. The topological polar surface area (TPSA) is 64.6 Å². The van der Waals surface area contributed by atoms with E-state index in [0.717, 1.165) is 37.0 Å². The molecular formula is C20H25NO4. The lowest BCUT2D eigenvalue weighted by molar-refractivity contribution is -0.128. The van der Waals surface area contributed by atoms with E-state index in [0.29, 0.717) is 11.3 Å². The predicted molar refractivity (Wildman–Crippen MR) is 92.3 cm³/mol. The summed E-state index contributed by atoms with van der Waals surface area (Å²) in [5, 5.41) is 3.28. The Morgan fingerprint density at radius 2 is 1.68 bits per heavy atom. The zero-order valence-electron chi connectivity index (χ0n) is 14.6. The highest BCUT2D eigenvalue weighted by Crippen LogP contribution is 2.55. The van der Waals surface area contributed by atoms with Gasteiger partial charge >= 0.3 is 5.97 Å². The van der Waals surface area contributed by atoms with Crippen LogP contribution in [0.25, 0.3) is 0 Å². The molecule has 4 fully saturated rings. The molecule has 4 saturated carbocycles. The second kappa shape index (κ2) is 6.36. The van der Waals surface area contributed by atoms with E-state index < -0.39 is 5.97 Å². The van der Waals surface area contributed by atoms with Gasteiger partial charge in [-0.2, -0.15) is 0 Å². The van der Waals surface area contributed by atoms with Crippen molar-refractivity contribution >= 4 is 11.9 Å². The van der Waals surface area contributed by atoms with Gasteiger partial charge in [0.25, 0.3) is 5.91 Å². The SMILES string of the molecule is COC(=O)c1ccccc1OCC(=O)NC12CC3CC(CC(C3)C1)C2. The number of carbonyl (C=O) groups excluding carboxylic acids is 2. The minimum absolute atomic E-state index is 0.0168. The van der Waals surface area contributed by atoms with Gasteiger partial charge in [0.1, 0.15) is 11.3 Å². The number of methoxy groups -OCH3 is 1. The van der Waals surface area contributed by atoms with Crippen molar-refractivity contribution in [1.29, 1.82) is 0 Å². The van der Waals surface area contributed by atoms with Gasteiger partial charge in [-0.25, -0.2) is 4.79 Å². The van der Waals surface area contributed by atoms with E-state index in [4.69, 9.17) is 9.47 Å². The molecule has 1 aromatic rings. The molecule has 0 aliphatic heterocycles. The van der Waals surface area contributed by atoms with Gasteiger partial charge in [-0.05, 0) is 68.4 Å². The molecular weight excluding hydrogens is 318 g/mol. The molecule has 1 aromatic carbocycles. The fourth-order valence-corrected chi connectivity index (χ4v) is 5.61. The summed E-state index contributed by atoms with van der Waals surface area (Å²) in [6.07, 6.45) is 7.38. The van der Waals surface area contributed by atoms with Crippen LogP contribution in [0.5, 0.6) is 5.75 Å². The number of esters is 1. The Bertz CT molecular complexity index is 649. The van der Waals surface area contributed by atoms with Crippen LogP contribution < -0.4 is 10.1 Å². The number of rotatable bonds is 5. The molecule has 1 N–H and O–H groups in total. The molecule has 0 heterocycles. The van der Waals surface area contributed by atoms with Crippen LogP contribution in [0.2, 0.25) is 0 Å². The number of benzene rings is 1. The minimum atomic E-state index is -0.461. The summed E-state index contributed by atoms with van der Waals surface area (Å²) in [6, 6.07) is 6.84. The third-order valence-corrected chi connectivity index (χ3v) is 6.09. The average Bonchev–Trinajstić information content (AvgIpc) is 2.58. The first-order chi connectivity index (χ1) is 12.1. The lowest BCUT2D eigenvalue weighted by atomic mass is 9.53. The second-order valence-corrected chi connectivity index (χ2v) is 8.02. The van der Waals surface area contributed by atoms with Crippen molar-refractivity contribution in [2.75, 3.05) is 13.7 Å². The molecule has 0 radical (unpaired) electrons. The molecule has 0 saturated heterocycles. The van der Waals surface area contributed by atoms with Crippen molar-refractivity contribution < 1.29 is 19.1 Å². The Morgan fingerprint density at radius 3 is 2.28 bits per heavy atom. The minimum Gasteiger partial charge on any atom is -0.483 e. The Morgan fingerprint density at radius 1 is 1.08 bits per heavy atom. The summed E-state index contributed by atoms with van der Waals surface area (Å²) in [5.74, 6) is 2.18. The van der Waals surface area contributed by atoms with Gasteiger partial charge in [0, 0.05) is 5.54 Å². The third-order valence-electron chi connectivity index (χ3n) is 6.09. The van der Waals surface area contributed by atoms with Gasteiger partial charge in [0.15, 0.2) is 6.61 Å². The summed E-state index contributed by atoms with van der Waals surface area (Å²) in [5.41, 5.74) is 0.324. The Kier molecular flexibility index (Phi) is 4.18. The van der Waals surface area contributed by atoms with Crippen LogP contribution in [0.1, 0.15) is 48.9 Å². The molecule has 0 spiro atoms. The maximum atomic E-state index is 12.5. The first-order valence-corrected chi connectivity index (χ1v) is 9.18. The molecule has 4 aliphatic rings. The highest BCUT2D eigenvalue weighted by Gasteiger charge is 2.51. The number of ether oxygens (including phenoxy) is 2. The first kappa shape index (κ1) is 16.4. The van der Waals surface area contributed by atoms with Crippen molar-refractivity contribution in [3.05, 3.63) is 29.8 Å². The van der Waals surface area contributed by atoms with Gasteiger partial charge in [0.2, 0.25) is 0 Å². The lowest BCUT2D eigenvalue weighted by Gasteiger charge is -2.56. The monoisotopic (exact) mass is 343 g/mol. The maximum absolute atomic E-state index is 12.5. The summed E-state index contributed by atoms with van der Waals surface area (Å²) in [6.45, 7) is -0.0737. The highest BCUT2D eigenvalue weighted by atomic mass is 16.5. The van der Waals surface area contributed by atoms with E-state index in [1.807, 2.05) is 0 Å². The number of carbonyl (C=O) groups is 2. The van der Waals surface area contributed by atoms with Crippen LogP contribution >= 0.6 is 0 Å². The molecule has 0 atom stereocenters. The van der Waals surface area contributed by atoms with E-state index in [-0.39, 0.29) is 18.1 Å². The van der Waals surface area contributed by atoms with Crippen molar-refractivity contribution in [3.63, 3.8) is 0 Å². The molecule has 1 amide bonds. The van der Waals surface area contributed by atoms with E-state index in [2.05, 4.69) is 5.32 Å². The summed E-state index contributed by atoms with van der Waals surface area (Å²) in [7, 11) is 1.33. The van der Waals surface area contributed by atoms with Crippen LogP contribution in [0, 0.1) is 17.8 Å². The molecule has 4 bridgehead atoms. The summed E-state index contributed by atoms with van der Waals surface area (Å²) < 4.78 is 10.4. The summed E-state index contributed by atoms with van der Waals surface area (Å²) >= 11 is 0. The molecule has 0 unspecified atom stereocenters. The molecule has 5 rings (SSSR count). The molecule has 5 heteroatoms. The number of hydrogen-bond acceptors (Lipinski definition) is 4. The first-order valence-electron chi connectivity index (χ1n) is 9.18. The largest absolute Gasteiger partial charge is 0.483 e. The normalized spacial score (nSPS) is 32.3. The third kappa shape index (κ3) is 3.24. The van der Waals surface area contributed by atoms with Gasteiger partial charge in [-0.1, -0.05) is 12.1 Å². The van der Waals surface area contributed by atoms with Gasteiger partial charge < -0.3 is 14.8 Å². The van der Waals surface area contributed by atoms with Crippen LogP contribution in [0.15, 0.2) is 24.3 Å². The molecule has 25 heavy (non-hydrogen) atoms. The molecule has 134 valence electrons. The average molecular weight is 343 g/mol. The Hall–Kier alpha value is -2.04. The number of para-hydroxylation sites is 1. The van der Waals surface area contributed by atoms with E-state index in [1.54, 1.807) is 24.3 Å². The van der Waals surface area contributed by atoms with Crippen molar-refractivity contribution in [3.8, 4) is 5.75 Å². The fraction of sp³-hybridized carbons (Fsp3) is 0.600. The maximum Gasteiger partial charge on any atom is 0.341 e. The molecule has 0 aromatic heterocycles. The Labute approximate surface area is 148 Å². The van der Waals surface area contributed by atoms with Gasteiger partial charge in [-0.3, -0.25) is 4.79 Å². The Balaban J connectivity index is 1.38. The van der Waals surface area contributed by atoms with E-state index in [1.165, 1.54) is 26.4 Å². The lowest BCUT2D eigenvalue weighted by Crippen LogP contribution is -2.60. The van der Waals surface area contributed by atoms with Gasteiger partial charge in [0.05, 0.1) is 7.11 Å². The van der Waals surface area contributed by atoms with Crippen molar-refractivity contribution in [2.24, 2.45) is 17.8 Å². The predicted octanol–water partition coefficient (Wildman–Crippen LogP) is 2.94. The zero-order valence-corrected chi connectivity index (χ0v) is 14.6. The van der Waals surface area contributed by atoms with E-state index >= 15 is 0 Å². The van der Waals surface area contributed by atoms with Gasteiger partial charge in [-0.15, -0.1) is 0 Å². The molecule has 4 aliphatic carbocycles.